The normalized spacial score (nSPS) is 17.4. The molecule has 1 aliphatic heterocycles. The molecule has 0 unspecified atom stereocenters. The summed E-state index contributed by atoms with van der Waals surface area (Å²) in [6.07, 6.45) is 0. The second-order valence-corrected chi connectivity index (χ2v) is 8.78. The number of nitro groups is 1. The third-order valence-corrected chi connectivity index (χ3v) is 7.21. The average molecular weight is 407 g/mol. The number of non-ortho nitro benzene ring substituents is 1. The van der Waals surface area contributed by atoms with E-state index in [1.165, 1.54) is 28.6 Å². The van der Waals surface area contributed by atoms with Crippen molar-refractivity contribution >= 4 is 15.7 Å². The molecule has 9 heteroatoms. The van der Waals surface area contributed by atoms with Crippen LogP contribution < -0.4 is 0 Å². The first-order chi connectivity index (χ1) is 13.2. The Bertz CT molecular complexity index is 971. The predicted octanol–water partition coefficient (Wildman–Crippen LogP) is 3.11. The molecule has 7 nitrogen and oxygen atoms in total. The molecule has 1 heterocycles. The van der Waals surface area contributed by atoms with E-state index >= 15 is 0 Å². The second kappa shape index (κ2) is 7.94. The van der Waals surface area contributed by atoms with E-state index < -0.39 is 14.9 Å². The molecular weight excluding hydrogens is 385 g/mol. The molecule has 2 aromatic rings. The zero-order valence-corrected chi connectivity index (χ0v) is 16.5. The zero-order chi connectivity index (χ0) is 20.5. The average Bonchev–Trinajstić information content (AvgIpc) is 2.68. The van der Waals surface area contributed by atoms with Gasteiger partial charge in [-0.25, -0.2) is 12.8 Å². The van der Waals surface area contributed by atoms with Gasteiger partial charge in [0.1, 0.15) is 5.82 Å². The Labute approximate surface area is 163 Å². The predicted molar refractivity (Wildman–Crippen MR) is 103 cm³/mol. The summed E-state index contributed by atoms with van der Waals surface area (Å²) in [7, 11) is -3.82. The number of nitrogens with zero attached hydrogens (tertiary/aromatic N) is 3. The van der Waals surface area contributed by atoms with Crippen LogP contribution in [0.25, 0.3) is 0 Å². The lowest BCUT2D eigenvalue weighted by Gasteiger charge is -2.37. The summed E-state index contributed by atoms with van der Waals surface area (Å²) in [5, 5.41) is 11.0. The van der Waals surface area contributed by atoms with Crippen LogP contribution in [0.3, 0.4) is 0 Å². The van der Waals surface area contributed by atoms with Gasteiger partial charge in [0.05, 0.1) is 9.82 Å². The molecule has 0 aliphatic carbocycles. The van der Waals surface area contributed by atoms with Crippen LogP contribution in [-0.4, -0.2) is 48.7 Å². The number of rotatable bonds is 5. The van der Waals surface area contributed by atoms with Crippen molar-refractivity contribution in [1.82, 2.24) is 9.21 Å². The minimum atomic E-state index is -3.82. The van der Waals surface area contributed by atoms with Crippen molar-refractivity contribution in [2.75, 3.05) is 26.2 Å². The highest BCUT2D eigenvalue weighted by molar-refractivity contribution is 7.89. The largest absolute Gasteiger partial charge is 0.294 e. The molecule has 28 heavy (non-hydrogen) atoms. The van der Waals surface area contributed by atoms with Crippen molar-refractivity contribution in [3.8, 4) is 0 Å². The summed E-state index contributed by atoms with van der Waals surface area (Å²) >= 11 is 0. The molecular formula is C19H22FN3O4S. The molecule has 0 aromatic heterocycles. The first-order valence-electron chi connectivity index (χ1n) is 8.95. The highest BCUT2D eigenvalue weighted by atomic mass is 32.2. The van der Waals surface area contributed by atoms with E-state index in [2.05, 4.69) is 4.90 Å². The third kappa shape index (κ3) is 4.06. The Hall–Kier alpha value is -2.36. The van der Waals surface area contributed by atoms with Crippen LogP contribution in [0.5, 0.6) is 0 Å². The molecule has 0 radical (unpaired) electrons. The van der Waals surface area contributed by atoms with Gasteiger partial charge in [-0.15, -0.1) is 0 Å². The molecule has 0 spiro atoms. The van der Waals surface area contributed by atoms with E-state index in [4.69, 9.17) is 0 Å². The molecule has 0 N–H and O–H groups in total. The highest BCUT2D eigenvalue weighted by Gasteiger charge is 2.32. The van der Waals surface area contributed by atoms with E-state index in [1.807, 2.05) is 6.92 Å². The zero-order valence-electron chi connectivity index (χ0n) is 15.7. The molecule has 0 amide bonds. The summed E-state index contributed by atoms with van der Waals surface area (Å²) < 4.78 is 40.5. The smallest absolute Gasteiger partial charge is 0.270 e. The van der Waals surface area contributed by atoms with Crippen molar-refractivity contribution in [2.45, 2.75) is 24.8 Å². The van der Waals surface area contributed by atoms with Gasteiger partial charge in [-0.3, -0.25) is 15.0 Å². The lowest BCUT2D eigenvalue weighted by Crippen LogP contribution is -2.49. The van der Waals surface area contributed by atoms with Gasteiger partial charge in [-0.1, -0.05) is 18.2 Å². The second-order valence-electron chi connectivity index (χ2n) is 6.87. The van der Waals surface area contributed by atoms with Gasteiger partial charge >= 0.3 is 0 Å². The van der Waals surface area contributed by atoms with E-state index in [1.54, 1.807) is 19.1 Å². The first kappa shape index (κ1) is 20.4. The van der Waals surface area contributed by atoms with Crippen LogP contribution in [0.4, 0.5) is 10.1 Å². The summed E-state index contributed by atoms with van der Waals surface area (Å²) in [5.74, 6) is -0.292. The van der Waals surface area contributed by atoms with Gasteiger partial charge in [0.15, 0.2) is 0 Å². The highest BCUT2D eigenvalue weighted by Crippen LogP contribution is 2.27. The quantitative estimate of drug-likeness (QED) is 0.562. The topological polar surface area (TPSA) is 83.8 Å². The van der Waals surface area contributed by atoms with Crippen molar-refractivity contribution in [1.29, 1.82) is 0 Å². The van der Waals surface area contributed by atoms with Gasteiger partial charge in [0, 0.05) is 44.4 Å². The lowest BCUT2D eigenvalue weighted by molar-refractivity contribution is -0.385. The Morgan fingerprint density at radius 2 is 1.68 bits per heavy atom. The fraction of sp³-hybridized carbons (Fsp3) is 0.368. The standard InChI is InChI=1S/C19H22FN3O4S/c1-14-3-8-18(23(24)25)13-19(14)28(26,27)22-11-9-21(10-12-22)15(2)16-4-6-17(20)7-5-16/h3-8,13,15H,9-12H2,1-2H3/t15-/m0/s1. The molecule has 2 aromatic carbocycles. The Kier molecular flexibility index (Phi) is 5.78. The van der Waals surface area contributed by atoms with Crippen LogP contribution in [0, 0.1) is 22.9 Å². The summed E-state index contributed by atoms with van der Waals surface area (Å²) in [6, 6.07) is 10.2. The number of nitro benzene ring substituents is 1. The van der Waals surface area contributed by atoms with Gasteiger partial charge < -0.3 is 0 Å². The van der Waals surface area contributed by atoms with Crippen LogP contribution in [0.2, 0.25) is 0 Å². The summed E-state index contributed by atoms with van der Waals surface area (Å²) in [4.78, 5) is 12.5. The Balaban J connectivity index is 1.74. The number of sulfonamides is 1. The number of hydrogen-bond acceptors (Lipinski definition) is 5. The van der Waals surface area contributed by atoms with E-state index in [0.29, 0.717) is 18.7 Å². The Morgan fingerprint density at radius 1 is 1.07 bits per heavy atom. The molecule has 1 atom stereocenters. The maximum atomic E-state index is 13.1. The van der Waals surface area contributed by atoms with Gasteiger partial charge in [-0.2, -0.15) is 4.31 Å². The van der Waals surface area contributed by atoms with Crippen molar-refractivity contribution < 1.29 is 17.7 Å². The number of hydrogen-bond donors (Lipinski definition) is 0. The number of benzene rings is 2. The van der Waals surface area contributed by atoms with Crippen molar-refractivity contribution in [3.05, 3.63) is 69.5 Å². The number of aryl methyl sites for hydroxylation is 1. The SMILES string of the molecule is Cc1ccc([N+](=O)[O-])cc1S(=O)(=O)N1CCN([C@@H](C)c2ccc(F)cc2)CC1. The molecule has 3 rings (SSSR count). The lowest BCUT2D eigenvalue weighted by atomic mass is 10.1. The van der Waals surface area contributed by atoms with Crippen LogP contribution >= 0.6 is 0 Å². The number of piperazine rings is 1. The van der Waals surface area contributed by atoms with Gasteiger partial charge in [0.25, 0.3) is 5.69 Å². The van der Waals surface area contributed by atoms with E-state index in [0.717, 1.165) is 11.6 Å². The van der Waals surface area contributed by atoms with Crippen molar-refractivity contribution in [3.63, 3.8) is 0 Å². The van der Waals surface area contributed by atoms with Gasteiger partial charge in [0.2, 0.25) is 10.0 Å². The molecule has 1 aliphatic rings. The molecule has 150 valence electrons. The minimum Gasteiger partial charge on any atom is -0.294 e. The maximum Gasteiger partial charge on any atom is 0.270 e. The first-order valence-corrected chi connectivity index (χ1v) is 10.4. The molecule has 1 saturated heterocycles. The van der Waals surface area contributed by atoms with Crippen molar-refractivity contribution in [2.24, 2.45) is 0 Å². The van der Waals surface area contributed by atoms with E-state index in [-0.39, 0.29) is 35.5 Å². The maximum absolute atomic E-state index is 13.1. The number of halogens is 1. The third-order valence-electron chi connectivity index (χ3n) is 5.17. The summed E-state index contributed by atoms with van der Waals surface area (Å²) in [5.41, 5.74) is 1.20. The molecule has 0 saturated carbocycles. The summed E-state index contributed by atoms with van der Waals surface area (Å²) in [6.45, 7) is 5.25. The fourth-order valence-electron chi connectivity index (χ4n) is 3.40. The monoisotopic (exact) mass is 407 g/mol. The van der Waals surface area contributed by atoms with Crippen LogP contribution in [0.15, 0.2) is 47.4 Å². The minimum absolute atomic E-state index is 0.0262. The Morgan fingerprint density at radius 3 is 2.25 bits per heavy atom. The van der Waals surface area contributed by atoms with Crippen LogP contribution in [-0.2, 0) is 10.0 Å². The molecule has 1 fully saturated rings. The van der Waals surface area contributed by atoms with Gasteiger partial charge in [-0.05, 0) is 37.1 Å². The van der Waals surface area contributed by atoms with Crippen LogP contribution in [0.1, 0.15) is 24.1 Å². The van der Waals surface area contributed by atoms with E-state index in [9.17, 15) is 22.9 Å². The fourth-order valence-corrected chi connectivity index (χ4v) is 5.07. The molecule has 0 bridgehead atoms.